The van der Waals surface area contributed by atoms with Crippen molar-refractivity contribution in [1.29, 1.82) is 0 Å². The highest BCUT2D eigenvalue weighted by atomic mass is 16.5. The quantitative estimate of drug-likeness (QED) is 0.611. The predicted octanol–water partition coefficient (Wildman–Crippen LogP) is 2.32. The Labute approximate surface area is 159 Å². The maximum atomic E-state index is 12.3. The minimum Gasteiger partial charge on any atom is -0.480 e. The summed E-state index contributed by atoms with van der Waals surface area (Å²) in [6.45, 7) is 4.72. The van der Waals surface area contributed by atoms with Gasteiger partial charge in [-0.2, -0.15) is 0 Å². The van der Waals surface area contributed by atoms with Crippen molar-refractivity contribution in [1.82, 2.24) is 15.2 Å². The van der Waals surface area contributed by atoms with Gasteiger partial charge in [-0.05, 0) is 57.6 Å². The highest BCUT2D eigenvalue weighted by molar-refractivity contribution is 5.90. The number of carbonyl (C=O) groups is 2. The number of amides is 2. The van der Waals surface area contributed by atoms with Crippen LogP contribution in [0.15, 0.2) is 18.3 Å². The Balaban J connectivity index is 1.46. The molecule has 27 heavy (non-hydrogen) atoms. The molecule has 2 aliphatic rings. The molecule has 0 aliphatic heterocycles. The molecular weight excluding hydrogens is 348 g/mol. The van der Waals surface area contributed by atoms with Gasteiger partial charge in [-0.15, -0.1) is 0 Å². The second-order valence-electron chi connectivity index (χ2n) is 7.71. The SMILES string of the molecule is CC(C)Oc1ncccc1NC(=O)NC1CC(N(CC(=O)O)CC2CC2)C1. The van der Waals surface area contributed by atoms with Gasteiger partial charge in [0.2, 0.25) is 5.88 Å². The van der Waals surface area contributed by atoms with Crippen LogP contribution in [0.4, 0.5) is 10.5 Å². The van der Waals surface area contributed by atoms with E-state index in [0.29, 0.717) is 17.5 Å². The maximum absolute atomic E-state index is 12.3. The van der Waals surface area contributed by atoms with E-state index in [1.807, 2.05) is 18.7 Å². The summed E-state index contributed by atoms with van der Waals surface area (Å²) in [5.74, 6) is 0.245. The Morgan fingerprint density at radius 3 is 2.74 bits per heavy atom. The van der Waals surface area contributed by atoms with E-state index >= 15 is 0 Å². The smallest absolute Gasteiger partial charge is 0.319 e. The number of carboxylic acid groups (broad SMARTS) is 1. The van der Waals surface area contributed by atoms with Crippen LogP contribution in [0.2, 0.25) is 0 Å². The summed E-state index contributed by atoms with van der Waals surface area (Å²) >= 11 is 0. The lowest BCUT2D eigenvalue weighted by Gasteiger charge is -2.42. The molecule has 8 nitrogen and oxygen atoms in total. The number of ether oxygens (including phenoxy) is 1. The summed E-state index contributed by atoms with van der Waals surface area (Å²) in [6, 6.07) is 3.47. The number of anilines is 1. The molecule has 0 atom stereocenters. The van der Waals surface area contributed by atoms with Gasteiger partial charge >= 0.3 is 12.0 Å². The number of pyridine rings is 1. The van der Waals surface area contributed by atoms with Crippen LogP contribution in [-0.4, -0.2) is 58.3 Å². The number of aromatic nitrogens is 1. The Hall–Kier alpha value is -2.35. The van der Waals surface area contributed by atoms with Crippen LogP contribution in [0, 0.1) is 5.92 Å². The molecule has 0 saturated heterocycles. The first-order chi connectivity index (χ1) is 12.9. The van der Waals surface area contributed by atoms with E-state index in [0.717, 1.165) is 19.4 Å². The maximum Gasteiger partial charge on any atom is 0.319 e. The lowest BCUT2D eigenvalue weighted by atomic mass is 9.85. The number of urea groups is 1. The van der Waals surface area contributed by atoms with Crippen molar-refractivity contribution in [3.05, 3.63) is 18.3 Å². The van der Waals surface area contributed by atoms with E-state index in [4.69, 9.17) is 9.84 Å². The van der Waals surface area contributed by atoms with Gasteiger partial charge in [0.1, 0.15) is 5.69 Å². The molecule has 0 radical (unpaired) electrons. The minimum absolute atomic E-state index is 0.0393. The monoisotopic (exact) mass is 376 g/mol. The van der Waals surface area contributed by atoms with E-state index in [9.17, 15) is 9.59 Å². The molecule has 1 aromatic heterocycles. The van der Waals surface area contributed by atoms with Gasteiger partial charge in [-0.25, -0.2) is 9.78 Å². The summed E-state index contributed by atoms with van der Waals surface area (Å²) in [5.41, 5.74) is 0.529. The van der Waals surface area contributed by atoms with Crippen LogP contribution in [0.25, 0.3) is 0 Å². The molecule has 2 saturated carbocycles. The second kappa shape index (κ2) is 8.56. The van der Waals surface area contributed by atoms with E-state index in [-0.39, 0.29) is 30.8 Å². The van der Waals surface area contributed by atoms with Crippen molar-refractivity contribution in [3.63, 3.8) is 0 Å². The lowest BCUT2D eigenvalue weighted by Crippen LogP contribution is -2.55. The average Bonchev–Trinajstić information content (AvgIpc) is 3.35. The number of hydrogen-bond donors (Lipinski definition) is 3. The van der Waals surface area contributed by atoms with Gasteiger partial charge in [0.15, 0.2) is 0 Å². The Morgan fingerprint density at radius 1 is 1.37 bits per heavy atom. The largest absolute Gasteiger partial charge is 0.480 e. The normalized spacial score (nSPS) is 21.6. The third-order valence-corrected chi connectivity index (χ3v) is 4.86. The van der Waals surface area contributed by atoms with E-state index in [2.05, 4.69) is 15.6 Å². The molecule has 2 fully saturated rings. The molecule has 0 bridgehead atoms. The highest BCUT2D eigenvalue weighted by Crippen LogP contribution is 2.33. The number of rotatable bonds is 9. The van der Waals surface area contributed by atoms with Gasteiger partial charge in [0, 0.05) is 24.8 Å². The highest BCUT2D eigenvalue weighted by Gasteiger charge is 2.37. The summed E-state index contributed by atoms with van der Waals surface area (Å²) < 4.78 is 5.60. The molecule has 1 heterocycles. The van der Waals surface area contributed by atoms with Crippen LogP contribution < -0.4 is 15.4 Å². The molecule has 2 aliphatic carbocycles. The number of carboxylic acids is 1. The topological polar surface area (TPSA) is 104 Å². The van der Waals surface area contributed by atoms with E-state index in [1.165, 1.54) is 12.8 Å². The van der Waals surface area contributed by atoms with Crippen LogP contribution in [0.3, 0.4) is 0 Å². The molecule has 1 aromatic rings. The van der Waals surface area contributed by atoms with Gasteiger partial charge < -0.3 is 20.5 Å². The second-order valence-corrected chi connectivity index (χ2v) is 7.71. The first-order valence-electron chi connectivity index (χ1n) is 9.55. The molecule has 0 unspecified atom stereocenters. The summed E-state index contributed by atoms with van der Waals surface area (Å²) in [5, 5.41) is 14.8. The third kappa shape index (κ3) is 5.82. The molecule has 0 spiro atoms. The fourth-order valence-electron chi connectivity index (χ4n) is 3.30. The van der Waals surface area contributed by atoms with E-state index in [1.54, 1.807) is 18.3 Å². The standard InChI is InChI=1S/C19H28N4O4/c1-12(2)27-18-16(4-3-7-20-18)22-19(26)21-14-8-15(9-14)23(11-17(24)25)10-13-5-6-13/h3-4,7,12-15H,5-6,8-11H2,1-2H3,(H,24,25)(H2,21,22,26). The Morgan fingerprint density at radius 2 is 2.11 bits per heavy atom. The number of nitrogens with one attached hydrogen (secondary N) is 2. The van der Waals surface area contributed by atoms with Crippen LogP contribution in [0.5, 0.6) is 5.88 Å². The van der Waals surface area contributed by atoms with Crippen molar-refractivity contribution in [2.45, 2.75) is 57.7 Å². The molecule has 3 N–H and O–H groups in total. The third-order valence-electron chi connectivity index (χ3n) is 4.86. The zero-order chi connectivity index (χ0) is 19.4. The van der Waals surface area contributed by atoms with Crippen LogP contribution >= 0.6 is 0 Å². The van der Waals surface area contributed by atoms with Crippen LogP contribution in [0.1, 0.15) is 39.5 Å². The van der Waals surface area contributed by atoms with Crippen molar-refractivity contribution in [3.8, 4) is 5.88 Å². The van der Waals surface area contributed by atoms with Crippen molar-refractivity contribution >= 4 is 17.7 Å². The van der Waals surface area contributed by atoms with E-state index < -0.39 is 5.97 Å². The predicted molar refractivity (Wildman–Crippen MR) is 101 cm³/mol. The van der Waals surface area contributed by atoms with Crippen LogP contribution in [-0.2, 0) is 4.79 Å². The fraction of sp³-hybridized carbons (Fsp3) is 0.632. The Bertz CT molecular complexity index is 671. The first kappa shape index (κ1) is 19.4. The number of carbonyl (C=O) groups excluding carboxylic acids is 1. The summed E-state index contributed by atoms with van der Waals surface area (Å²) in [6.07, 6.45) is 5.51. The number of hydrogen-bond acceptors (Lipinski definition) is 5. The fourth-order valence-corrected chi connectivity index (χ4v) is 3.30. The lowest BCUT2D eigenvalue weighted by molar-refractivity contribution is -0.139. The minimum atomic E-state index is -0.793. The molecule has 8 heteroatoms. The van der Waals surface area contributed by atoms with Gasteiger partial charge in [-0.1, -0.05) is 0 Å². The zero-order valence-electron chi connectivity index (χ0n) is 15.9. The molecule has 2 amide bonds. The number of aliphatic carboxylic acids is 1. The van der Waals surface area contributed by atoms with Crippen molar-refractivity contribution in [2.24, 2.45) is 5.92 Å². The molecular formula is C19H28N4O4. The molecule has 148 valence electrons. The molecule has 3 rings (SSSR count). The van der Waals surface area contributed by atoms with Gasteiger partial charge in [0.25, 0.3) is 0 Å². The number of nitrogens with zero attached hydrogens (tertiary/aromatic N) is 2. The van der Waals surface area contributed by atoms with Crippen molar-refractivity contribution < 1.29 is 19.4 Å². The Kier molecular flexibility index (Phi) is 6.15. The summed E-state index contributed by atoms with van der Waals surface area (Å²) in [4.78, 5) is 29.6. The average molecular weight is 376 g/mol. The van der Waals surface area contributed by atoms with Gasteiger partial charge in [0.05, 0.1) is 12.6 Å². The van der Waals surface area contributed by atoms with Gasteiger partial charge in [-0.3, -0.25) is 9.69 Å². The molecule has 0 aromatic carbocycles. The van der Waals surface area contributed by atoms with Crippen molar-refractivity contribution in [2.75, 3.05) is 18.4 Å². The zero-order valence-corrected chi connectivity index (χ0v) is 15.9. The first-order valence-corrected chi connectivity index (χ1v) is 9.55. The summed E-state index contributed by atoms with van der Waals surface area (Å²) in [7, 11) is 0.